The molecule has 0 N–H and O–H groups in total. The van der Waals surface area contributed by atoms with E-state index >= 15 is 0 Å². The Hall–Kier alpha value is -2.57. The Balaban J connectivity index is 1.76. The molecule has 1 atom stereocenters. The predicted octanol–water partition coefficient (Wildman–Crippen LogP) is 3.07. The second kappa shape index (κ2) is 9.57. The number of Topliss-reactive ketones (excluding diaryl/α,β-unsaturated/α-hetero) is 1. The van der Waals surface area contributed by atoms with E-state index in [9.17, 15) is 4.79 Å². The molecule has 0 saturated carbocycles. The number of hydrogen-bond donors (Lipinski definition) is 0. The fourth-order valence-electron chi connectivity index (χ4n) is 3.59. The summed E-state index contributed by atoms with van der Waals surface area (Å²) in [5.41, 5.74) is 4.53. The molecule has 6 nitrogen and oxygen atoms in total. The summed E-state index contributed by atoms with van der Waals surface area (Å²) in [7, 11) is 4.88. The van der Waals surface area contributed by atoms with E-state index < -0.39 is 0 Å². The first-order chi connectivity index (χ1) is 13.7. The minimum absolute atomic E-state index is 0.0370. The molecule has 2 heterocycles. The average Bonchev–Trinajstić information content (AvgIpc) is 3.12. The summed E-state index contributed by atoms with van der Waals surface area (Å²) in [6, 6.07) is 12.0. The number of carbonyl (C=O) groups excluding carboxylic acids is 1. The number of nitrogens with zero attached hydrogens (tertiary/aromatic N) is 2. The van der Waals surface area contributed by atoms with Gasteiger partial charge in [-0.05, 0) is 17.2 Å². The maximum atomic E-state index is 12.8. The van der Waals surface area contributed by atoms with Crippen molar-refractivity contribution < 1.29 is 19.0 Å². The van der Waals surface area contributed by atoms with Crippen molar-refractivity contribution in [3.8, 4) is 0 Å². The quantitative estimate of drug-likeness (QED) is 0.667. The van der Waals surface area contributed by atoms with E-state index in [2.05, 4.69) is 9.98 Å². The van der Waals surface area contributed by atoms with E-state index in [1.54, 1.807) is 21.3 Å². The van der Waals surface area contributed by atoms with E-state index in [1.165, 1.54) is 0 Å². The van der Waals surface area contributed by atoms with Gasteiger partial charge in [-0.15, -0.1) is 0 Å². The predicted molar refractivity (Wildman–Crippen MR) is 107 cm³/mol. The number of aromatic nitrogens is 1. The van der Waals surface area contributed by atoms with E-state index in [4.69, 9.17) is 14.2 Å². The molecule has 1 aliphatic heterocycles. The second-order valence-electron chi connectivity index (χ2n) is 6.84. The number of ketones is 1. The van der Waals surface area contributed by atoms with Gasteiger partial charge in [-0.3, -0.25) is 9.78 Å². The Bertz CT molecular complexity index is 849. The molecule has 1 aromatic heterocycles. The Morgan fingerprint density at radius 3 is 2.61 bits per heavy atom. The number of methoxy groups -OCH3 is 3. The molecule has 2 aromatic rings. The van der Waals surface area contributed by atoms with Crippen molar-refractivity contribution in [2.45, 2.75) is 31.9 Å². The first kappa shape index (κ1) is 20.2. The maximum absolute atomic E-state index is 12.8. The zero-order valence-electron chi connectivity index (χ0n) is 16.6. The molecule has 28 heavy (non-hydrogen) atoms. The van der Waals surface area contributed by atoms with Crippen LogP contribution in [0.25, 0.3) is 0 Å². The number of aliphatic imine (C=N–C) groups is 1. The average molecular weight is 382 g/mol. The summed E-state index contributed by atoms with van der Waals surface area (Å²) in [4.78, 5) is 21.8. The first-order valence-corrected chi connectivity index (χ1v) is 9.31. The van der Waals surface area contributed by atoms with Crippen LogP contribution in [0.2, 0.25) is 0 Å². The van der Waals surface area contributed by atoms with Gasteiger partial charge in [0.05, 0.1) is 38.1 Å². The van der Waals surface area contributed by atoms with Crippen LogP contribution < -0.4 is 0 Å². The molecule has 1 aliphatic rings. The van der Waals surface area contributed by atoms with Crippen molar-refractivity contribution >= 4 is 11.7 Å². The van der Waals surface area contributed by atoms with Gasteiger partial charge in [0, 0.05) is 38.7 Å². The summed E-state index contributed by atoms with van der Waals surface area (Å²) < 4.78 is 16.0. The van der Waals surface area contributed by atoms with Gasteiger partial charge < -0.3 is 14.2 Å². The number of hydrogen-bond acceptors (Lipinski definition) is 6. The molecule has 148 valence electrons. The lowest BCUT2D eigenvalue weighted by Crippen LogP contribution is -2.16. The molecule has 0 radical (unpaired) electrons. The molecule has 3 rings (SSSR count). The Labute approximate surface area is 165 Å². The van der Waals surface area contributed by atoms with Crippen molar-refractivity contribution in [3.05, 3.63) is 64.5 Å². The van der Waals surface area contributed by atoms with Gasteiger partial charge in [-0.1, -0.05) is 30.3 Å². The number of benzene rings is 1. The maximum Gasteiger partial charge on any atom is 0.218 e. The number of ether oxygens (including phenoxy) is 3. The lowest BCUT2D eigenvalue weighted by Gasteiger charge is -2.16. The van der Waals surface area contributed by atoms with Crippen LogP contribution in [0.4, 0.5) is 0 Å². The second-order valence-corrected chi connectivity index (χ2v) is 6.84. The first-order valence-electron chi connectivity index (χ1n) is 9.31. The van der Waals surface area contributed by atoms with E-state index in [1.807, 2.05) is 36.4 Å². The number of carbonyl (C=O) groups is 1. The number of fused-ring (bicyclic) bond motifs is 1. The molecular formula is C22H26N2O4. The highest BCUT2D eigenvalue weighted by atomic mass is 16.5. The van der Waals surface area contributed by atoms with E-state index in [0.29, 0.717) is 32.1 Å². The molecule has 0 fully saturated rings. The number of pyridine rings is 1. The lowest BCUT2D eigenvalue weighted by molar-refractivity contribution is -0.119. The highest BCUT2D eigenvalue weighted by Gasteiger charge is 2.24. The van der Waals surface area contributed by atoms with Crippen molar-refractivity contribution in [3.63, 3.8) is 0 Å². The van der Waals surface area contributed by atoms with Gasteiger partial charge in [0.1, 0.15) is 5.78 Å². The van der Waals surface area contributed by atoms with Gasteiger partial charge in [0.2, 0.25) is 5.90 Å². The smallest absolute Gasteiger partial charge is 0.218 e. The number of rotatable bonds is 9. The van der Waals surface area contributed by atoms with Crippen LogP contribution in [0, 0.1) is 0 Å². The van der Waals surface area contributed by atoms with Crippen molar-refractivity contribution in [2.75, 3.05) is 27.9 Å². The van der Waals surface area contributed by atoms with Crippen LogP contribution in [0.1, 0.15) is 40.4 Å². The monoisotopic (exact) mass is 382 g/mol. The molecule has 0 saturated heterocycles. The van der Waals surface area contributed by atoms with Crippen molar-refractivity contribution in [1.29, 1.82) is 0 Å². The minimum atomic E-state index is 0.0370. The molecule has 0 bridgehead atoms. The van der Waals surface area contributed by atoms with Crippen LogP contribution in [0.5, 0.6) is 0 Å². The summed E-state index contributed by atoms with van der Waals surface area (Å²) in [5, 5.41) is 0. The largest absolute Gasteiger partial charge is 0.481 e. The van der Waals surface area contributed by atoms with E-state index in [0.717, 1.165) is 28.1 Å². The van der Waals surface area contributed by atoms with Gasteiger partial charge in [-0.2, -0.15) is 0 Å². The fourth-order valence-corrected chi connectivity index (χ4v) is 3.59. The zero-order valence-corrected chi connectivity index (χ0v) is 16.6. The molecule has 0 spiro atoms. The molecule has 6 heteroatoms. The minimum Gasteiger partial charge on any atom is -0.481 e. The summed E-state index contributed by atoms with van der Waals surface area (Å²) in [5.74, 6) is 0.749. The normalized spacial score (nSPS) is 13.8. The molecule has 0 aliphatic carbocycles. The van der Waals surface area contributed by atoms with Crippen molar-refractivity contribution in [2.24, 2.45) is 4.99 Å². The Kier molecular flexibility index (Phi) is 6.90. The van der Waals surface area contributed by atoms with Gasteiger partial charge in [0.15, 0.2) is 0 Å². The zero-order chi connectivity index (χ0) is 19.9. The third-order valence-corrected chi connectivity index (χ3v) is 4.80. The topological polar surface area (TPSA) is 70.0 Å². The highest BCUT2D eigenvalue weighted by molar-refractivity contribution is 5.98. The third kappa shape index (κ3) is 4.64. The summed E-state index contributed by atoms with van der Waals surface area (Å²) in [6.45, 7) is 1.39. The Morgan fingerprint density at radius 2 is 1.93 bits per heavy atom. The molecule has 0 amide bonds. The van der Waals surface area contributed by atoms with Gasteiger partial charge >= 0.3 is 0 Å². The van der Waals surface area contributed by atoms with Crippen LogP contribution in [-0.2, 0) is 38.6 Å². The summed E-state index contributed by atoms with van der Waals surface area (Å²) in [6.07, 6.45) is 0.690. The Morgan fingerprint density at radius 1 is 1.14 bits per heavy atom. The van der Waals surface area contributed by atoms with Crippen LogP contribution in [0.3, 0.4) is 0 Å². The molecule has 0 unspecified atom stereocenters. The van der Waals surface area contributed by atoms with Gasteiger partial charge in [-0.25, -0.2) is 4.99 Å². The van der Waals surface area contributed by atoms with Crippen LogP contribution >= 0.6 is 0 Å². The SMILES string of the molecule is COCc1nc(CC(=O)C[C@H](COC)c2ccccc2)cc2c1C(OC)=NC2. The van der Waals surface area contributed by atoms with Crippen LogP contribution in [0.15, 0.2) is 41.4 Å². The molecule has 1 aromatic carbocycles. The lowest BCUT2D eigenvalue weighted by atomic mass is 9.93. The van der Waals surface area contributed by atoms with E-state index in [-0.39, 0.29) is 18.1 Å². The fraction of sp³-hybridized carbons (Fsp3) is 0.409. The highest BCUT2D eigenvalue weighted by Crippen LogP contribution is 2.25. The van der Waals surface area contributed by atoms with Gasteiger partial charge in [0.25, 0.3) is 0 Å². The van der Waals surface area contributed by atoms with Crippen LogP contribution in [-0.4, -0.2) is 44.6 Å². The molecular weight excluding hydrogens is 356 g/mol. The standard InChI is InChI=1S/C22H26N2O4/c1-26-13-17(15-7-5-4-6-8-15)10-19(25)11-18-9-16-12-23-22(28-3)21(16)20(24-18)14-27-2/h4-9,17H,10-14H2,1-3H3/t17-/m1/s1. The third-order valence-electron chi connectivity index (χ3n) is 4.80. The van der Waals surface area contributed by atoms with Crippen molar-refractivity contribution in [1.82, 2.24) is 4.98 Å². The summed E-state index contributed by atoms with van der Waals surface area (Å²) >= 11 is 0.